The summed E-state index contributed by atoms with van der Waals surface area (Å²) in [5.74, 6) is -0.0272. The fourth-order valence-corrected chi connectivity index (χ4v) is 2.05. The molecule has 1 fully saturated rings. The standard InChI is InChI=1S/C14H16N2O2/c15-10-11-3-1-4-12(9-11)16-14(17)7-6-13-5-2-8-18-13/h1,3-4,9,13H,2,5-8H2,(H,16,17)/t13-/m0/s1. The fourth-order valence-electron chi connectivity index (χ4n) is 2.05. The van der Waals surface area contributed by atoms with Gasteiger partial charge in [-0.15, -0.1) is 0 Å². The molecule has 0 spiro atoms. The maximum atomic E-state index is 11.7. The predicted molar refractivity (Wildman–Crippen MR) is 68.0 cm³/mol. The molecule has 0 bridgehead atoms. The van der Waals surface area contributed by atoms with Gasteiger partial charge in [0, 0.05) is 18.7 Å². The first-order chi connectivity index (χ1) is 8.78. The second-order valence-electron chi connectivity index (χ2n) is 4.41. The molecule has 1 N–H and O–H groups in total. The summed E-state index contributed by atoms with van der Waals surface area (Å²) in [4.78, 5) is 11.7. The molecule has 0 aliphatic carbocycles. The highest BCUT2D eigenvalue weighted by Crippen LogP contribution is 2.17. The molecule has 1 saturated heterocycles. The number of benzene rings is 1. The van der Waals surface area contributed by atoms with Gasteiger partial charge in [0.2, 0.25) is 5.91 Å². The van der Waals surface area contributed by atoms with Crippen LogP contribution in [0, 0.1) is 11.3 Å². The maximum absolute atomic E-state index is 11.7. The number of rotatable bonds is 4. The molecule has 1 atom stereocenters. The molecular formula is C14H16N2O2. The van der Waals surface area contributed by atoms with E-state index < -0.39 is 0 Å². The third-order valence-electron chi connectivity index (χ3n) is 2.99. The van der Waals surface area contributed by atoms with Crippen LogP contribution in [0.2, 0.25) is 0 Å². The molecule has 2 rings (SSSR count). The SMILES string of the molecule is N#Cc1cccc(NC(=O)CC[C@@H]2CCCO2)c1. The minimum Gasteiger partial charge on any atom is -0.378 e. The van der Waals surface area contributed by atoms with E-state index in [9.17, 15) is 4.79 Å². The minimum absolute atomic E-state index is 0.0272. The van der Waals surface area contributed by atoms with Crippen molar-refractivity contribution in [3.05, 3.63) is 29.8 Å². The number of hydrogen-bond acceptors (Lipinski definition) is 3. The zero-order valence-corrected chi connectivity index (χ0v) is 10.2. The molecule has 4 nitrogen and oxygen atoms in total. The average molecular weight is 244 g/mol. The van der Waals surface area contributed by atoms with Crippen molar-refractivity contribution in [1.82, 2.24) is 0 Å². The van der Waals surface area contributed by atoms with Crippen LogP contribution in [0.3, 0.4) is 0 Å². The summed E-state index contributed by atoms with van der Waals surface area (Å²) in [7, 11) is 0. The number of nitrogens with zero attached hydrogens (tertiary/aromatic N) is 1. The van der Waals surface area contributed by atoms with Gasteiger partial charge in [-0.1, -0.05) is 6.07 Å². The van der Waals surface area contributed by atoms with Crippen LogP contribution in [0.4, 0.5) is 5.69 Å². The Kier molecular flexibility index (Phi) is 4.32. The summed E-state index contributed by atoms with van der Waals surface area (Å²) in [6.45, 7) is 0.816. The van der Waals surface area contributed by atoms with E-state index in [1.165, 1.54) is 0 Å². The van der Waals surface area contributed by atoms with Crippen LogP contribution in [-0.4, -0.2) is 18.6 Å². The van der Waals surface area contributed by atoms with Crippen molar-refractivity contribution >= 4 is 11.6 Å². The van der Waals surface area contributed by atoms with Crippen molar-refractivity contribution in [2.45, 2.75) is 31.8 Å². The Hall–Kier alpha value is -1.86. The van der Waals surface area contributed by atoms with Gasteiger partial charge in [0.05, 0.1) is 17.7 Å². The zero-order valence-electron chi connectivity index (χ0n) is 10.2. The lowest BCUT2D eigenvalue weighted by atomic mass is 10.1. The summed E-state index contributed by atoms with van der Waals surface area (Å²) in [5.41, 5.74) is 1.22. The number of anilines is 1. The molecule has 1 amide bonds. The lowest BCUT2D eigenvalue weighted by Gasteiger charge is -2.09. The van der Waals surface area contributed by atoms with Gasteiger partial charge < -0.3 is 10.1 Å². The third-order valence-corrected chi connectivity index (χ3v) is 2.99. The summed E-state index contributed by atoms with van der Waals surface area (Å²) in [6.07, 6.45) is 3.61. The highest BCUT2D eigenvalue weighted by Gasteiger charge is 2.16. The molecule has 1 aliphatic rings. The van der Waals surface area contributed by atoms with Crippen molar-refractivity contribution in [3.8, 4) is 6.07 Å². The summed E-state index contributed by atoms with van der Waals surface area (Å²) < 4.78 is 5.47. The number of carbonyl (C=O) groups excluding carboxylic acids is 1. The van der Waals surface area contributed by atoms with Crippen molar-refractivity contribution < 1.29 is 9.53 Å². The van der Waals surface area contributed by atoms with Crippen LogP contribution < -0.4 is 5.32 Å². The first-order valence-electron chi connectivity index (χ1n) is 6.19. The van der Waals surface area contributed by atoms with Gasteiger partial charge >= 0.3 is 0 Å². The van der Waals surface area contributed by atoms with Crippen LogP contribution in [0.1, 0.15) is 31.2 Å². The van der Waals surface area contributed by atoms with Gasteiger partial charge in [-0.25, -0.2) is 0 Å². The Labute approximate surface area is 107 Å². The van der Waals surface area contributed by atoms with Crippen molar-refractivity contribution in [1.29, 1.82) is 5.26 Å². The average Bonchev–Trinajstić information content (AvgIpc) is 2.90. The topological polar surface area (TPSA) is 62.1 Å². The van der Waals surface area contributed by atoms with E-state index in [0.29, 0.717) is 17.7 Å². The number of nitriles is 1. The Bertz CT molecular complexity index is 459. The molecule has 1 aliphatic heterocycles. The van der Waals surface area contributed by atoms with E-state index in [4.69, 9.17) is 10.00 Å². The lowest BCUT2D eigenvalue weighted by molar-refractivity contribution is -0.116. The van der Waals surface area contributed by atoms with Crippen molar-refractivity contribution in [2.24, 2.45) is 0 Å². The smallest absolute Gasteiger partial charge is 0.224 e. The molecule has 94 valence electrons. The normalized spacial score (nSPS) is 18.3. The lowest BCUT2D eigenvalue weighted by Crippen LogP contribution is -2.15. The summed E-state index contributed by atoms with van der Waals surface area (Å²) in [5, 5.41) is 11.6. The Balaban J connectivity index is 1.81. The zero-order chi connectivity index (χ0) is 12.8. The Morgan fingerprint density at radius 3 is 3.17 bits per heavy atom. The van der Waals surface area contributed by atoms with Crippen molar-refractivity contribution in [3.63, 3.8) is 0 Å². The van der Waals surface area contributed by atoms with Crippen LogP contribution in [-0.2, 0) is 9.53 Å². The molecule has 0 aromatic heterocycles. The minimum atomic E-state index is -0.0272. The van der Waals surface area contributed by atoms with Crippen LogP contribution in [0.5, 0.6) is 0 Å². The second-order valence-corrected chi connectivity index (χ2v) is 4.41. The molecule has 0 saturated carbocycles. The molecule has 4 heteroatoms. The quantitative estimate of drug-likeness (QED) is 0.884. The van der Waals surface area contributed by atoms with E-state index in [2.05, 4.69) is 5.32 Å². The molecule has 0 unspecified atom stereocenters. The predicted octanol–water partition coefficient (Wildman–Crippen LogP) is 2.46. The first kappa shape index (κ1) is 12.6. The largest absolute Gasteiger partial charge is 0.378 e. The fraction of sp³-hybridized carbons (Fsp3) is 0.429. The van der Waals surface area contributed by atoms with Gasteiger partial charge in [0.1, 0.15) is 0 Å². The van der Waals surface area contributed by atoms with E-state index in [1.54, 1.807) is 24.3 Å². The van der Waals surface area contributed by atoms with Crippen LogP contribution >= 0.6 is 0 Å². The first-order valence-corrected chi connectivity index (χ1v) is 6.19. The maximum Gasteiger partial charge on any atom is 0.224 e. The summed E-state index contributed by atoms with van der Waals surface area (Å²) >= 11 is 0. The Morgan fingerprint density at radius 1 is 1.56 bits per heavy atom. The summed E-state index contributed by atoms with van der Waals surface area (Å²) in [6, 6.07) is 8.97. The molecule has 1 aromatic carbocycles. The van der Waals surface area contributed by atoms with E-state index in [0.717, 1.165) is 25.9 Å². The molecule has 1 heterocycles. The van der Waals surface area contributed by atoms with E-state index in [-0.39, 0.29) is 12.0 Å². The van der Waals surface area contributed by atoms with Crippen LogP contribution in [0.15, 0.2) is 24.3 Å². The van der Waals surface area contributed by atoms with Gasteiger partial charge in [-0.2, -0.15) is 5.26 Å². The van der Waals surface area contributed by atoms with Crippen molar-refractivity contribution in [2.75, 3.05) is 11.9 Å². The monoisotopic (exact) mass is 244 g/mol. The molecule has 0 radical (unpaired) electrons. The van der Waals surface area contributed by atoms with Crippen LogP contribution in [0.25, 0.3) is 0 Å². The molecule has 18 heavy (non-hydrogen) atoms. The van der Waals surface area contributed by atoms with Gasteiger partial charge in [-0.05, 0) is 37.5 Å². The van der Waals surface area contributed by atoms with Gasteiger partial charge in [0.15, 0.2) is 0 Å². The third kappa shape index (κ3) is 3.57. The number of hydrogen-bond donors (Lipinski definition) is 1. The molecule has 1 aromatic rings. The number of amides is 1. The highest BCUT2D eigenvalue weighted by molar-refractivity contribution is 5.90. The highest BCUT2D eigenvalue weighted by atomic mass is 16.5. The number of ether oxygens (including phenoxy) is 1. The van der Waals surface area contributed by atoms with E-state index in [1.807, 2.05) is 6.07 Å². The molecular weight excluding hydrogens is 228 g/mol. The van der Waals surface area contributed by atoms with Gasteiger partial charge in [0.25, 0.3) is 0 Å². The van der Waals surface area contributed by atoms with E-state index >= 15 is 0 Å². The number of carbonyl (C=O) groups is 1. The Morgan fingerprint density at radius 2 is 2.44 bits per heavy atom. The number of nitrogens with one attached hydrogen (secondary N) is 1. The second kappa shape index (κ2) is 6.18. The van der Waals surface area contributed by atoms with Gasteiger partial charge in [-0.3, -0.25) is 4.79 Å².